The molecule has 0 atom stereocenters. The molecule has 0 aromatic rings. The molecule has 0 N–H and O–H groups in total. The Morgan fingerprint density at radius 2 is 1.20 bits per heavy atom. The van der Waals surface area contributed by atoms with E-state index in [2.05, 4.69) is 39.8 Å². The zero-order valence-electron chi connectivity index (χ0n) is 7.57. The lowest BCUT2D eigenvalue weighted by atomic mass is 10.0. The summed E-state index contributed by atoms with van der Waals surface area (Å²) in [6.45, 7) is 8.62. The number of hydrogen-bond acceptors (Lipinski definition) is 0. The zero-order chi connectivity index (χ0) is 7.98. The monoisotopic (exact) mass is 138 g/mol. The van der Waals surface area contributed by atoms with Gasteiger partial charge in [-0.25, -0.2) is 0 Å². The van der Waals surface area contributed by atoms with E-state index < -0.39 is 0 Å². The molecule has 0 aromatic carbocycles. The van der Waals surface area contributed by atoms with Crippen LogP contribution in [0.1, 0.15) is 40.5 Å². The Bertz CT molecular complexity index is 120. The first-order chi connectivity index (χ1) is 4.79. The van der Waals surface area contributed by atoms with Gasteiger partial charge in [0.2, 0.25) is 0 Å². The van der Waals surface area contributed by atoms with Crippen LogP contribution < -0.4 is 0 Å². The van der Waals surface area contributed by atoms with Gasteiger partial charge in [-0.2, -0.15) is 0 Å². The summed E-state index contributed by atoms with van der Waals surface area (Å²) in [6, 6.07) is 0. The van der Waals surface area contributed by atoms with E-state index in [1.165, 1.54) is 11.1 Å². The van der Waals surface area contributed by atoms with E-state index in [1.54, 1.807) is 0 Å². The number of hydrogen-bond donors (Lipinski definition) is 0. The van der Waals surface area contributed by atoms with E-state index in [9.17, 15) is 0 Å². The maximum Gasteiger partial charge on any atom is -0.0308 e. The summed E-state index contributed by atoms with van der Waals surface area (Å²) in [5.74, 6) is 0. The van der Waals surface area contributed by atoms with Gasteiger partial charge in [-0.05, 0) is 37.8 Å². The minimum absolute atomic E-state index is 1.16. The topological polar surface area (TPSA) is 0 Å². The molecule has 0 nitrogen and oxygen atoms in total. The fourth-order valence-corrected chi connectivity index (χ4v) is 1.23. The summed E-state index contributed by atoms with van der Waals surface area (Å²) in [5.41, 5.74) is 2.98. The predicted octanol–water partition coefficient (Wildman–Crippen LogP) is 3.70. The Hall–Kier alpha value is -0.520. The van der Waals surface area contributed by atoms with Gasteiger partial charge < -0.3 is 0 Å². The lowest BCUT2D eigenvalue weighted by Crippen LogP contribution is -1.85. The van der Waals surface area contributed by atoms with Crippen molar-refractivity contribution in [1.29, 1.82) is 0 Å². The van der Waals surface area contributed by atoms with Gasteiger partial charge in [-0.1, -0.05) is 26.0 Å². The van der Waals surface area contributed by atoms with E-state index in [1.807, 2.05) is 0 Å². The van der Waals surface area contributed by atoms with Gasteiger partial charge >= 0.3 is 0 Å². The van der Waals surface area contributed by atoms with Gasteiger partial charge in [0.25, 0.3) is 0 Å². The SMILES string of the molecule is CC=C(CC)C(=CC)CC. The molecule has 0 heterocycles. The van der Waals surface area contributed by atoms with Crippen LogP contribution in [0.15, 0.2) is 23.3 Å². The van der Waals surface area contributed by atoms with E-state index in [0.717, 1.165) is 12.8 Å². The van der Waals surface area contributed by atoms with Gasteiger partial charge in [0.1, 0.15) is 0 Å². The molecule has 0 radical (unpaired) electrons. The summed E-state index contributed by atoms with van der Waals surface area (Å²) in [7, 11) is 0. The molecule has 0 aliphatic carbocycles. The van der Waals surface area contributed by atoms with Crippen molar-refractivity contribution in [2.75, 3.05) is 0 Å². The van der Waals surface area contributed by atoms with Crippen LogP contribution in [0.4, 0.5) is 0 Å². The average molecular weight is 138 g/mol. The largest absolute Gasteiger partial charge is 0.0842 e. The molecular formula is C10H18. The highest BCUT2D eigenvalue weighted by Gasteiger charge is 1.96. The third-order valence-electron chi connectivity index (χ3n) is 1.87. The van der Waals surface area contributed by atoms with Gasteiger partial charge in [-0.15, -0.1) is 0 Å². The van der Waals surface area contributed by atoms with Crippen LogP contribution in [0.3, 0.4) is 0 Å². The minimum atomic E-state index is 1.16. The molecule has 10 heavy (non-hydrogen) atoms. The molecule has 0 aliphatic rings. The van der Waals surface area contributed by atoms with E-state index in [-0.39, 0.29) is 0 Å². The van der Waals surface area contributed by atoms with Crippen molar-refractivity contribution in [1.82, 2.24) is 0 Å². The summed E-state index contributed by atoms with van der Waals surface area (Å²) in [5, 5.41) is 0. The quantitative estimate of drug-likeness (QED) is 0.522. The maximum absolute atomic E-state index is 2.21. The highest BCUT2D eigenvalue weighted by Crippen LogP contribution is 2.16. The summed E-state index contributed by atoms with van der Waals surface area (Å²) >= 11 is 0. The molecule has 0 heteroatoms. The van der Waals surface area contributed by atoms with Crippen molar-refractivity contribution < 1.29 is 0 Å². The standard InChI is InChI=1S/C10H18/c1-5-9(6-2)10(7-3)8-4/h5,7H,6,8H2,1-4H3. The second kappa shape index (κ2) is 5.28. The normalized spacial score (nSPS) is 14.0. The fraction of sp³-hybridized carbons (Fsp3) is 0.600. The molecule has 0 bridgehead atoms. The maximum atomic E-state index is 2.21. The van der Waals surface area contributed by atoms with E-state index in [0.29, 0.717) is 0 Å². The molecule has 0 unspecified atom stereocenters. The molecule has 0 fully saturated rings. The van der Waals surface area contributed by atoms with Crippen molar-refractivity contribution in [2.24, 2.45) is 0 Å². The zero-order valence-corrected chi connectivity index (χ0v) is 7.57. The Balaban J connectivity index is 4.27. The third kappa shape index (κ3) is 2.38. The van der Waals surface area contributed by atoms with Crippen LogP contribution >= 0.6 is 0 Å². The molecular weight excluding hydrogens is 120 g/mol. The van der Waals surface area contributed by atoms with Crippen molar-refractivity contribution >= 4 is 0 Å². The van der Waals surface area contributed by atoms with Crippen LogP contribution in [-0.4, -0.2) is 0 Å². The molecule has 0 spiro atoms. The second-order valence-corrected chi connectivity index (χ2v) is 2.33. The van der Waals surface area contributed by atoms with E-state index >= 15 is 0 Å². The lowest BCUT2D eigenvalue weighted by molar-refractivity contribution is 1.02. The average Bonchev–Trinajstić information content (AvgIpc) is 2.00. The molecule has 58 valence electrons. The van der Waals surface area contributed by atoms with Crippen LogP contribution in [-0.2, 0) is 0 Å². The summed E-state index contributed by atoms with van der Waals surface area (Å²) in [6.07, 6.45) is 6.73. The van der Waals surface area contributed by atoms with Crippen LogP contribution in [0.2, 0.25) is 0 Å². The van der Waals surface area contributed by atoms with Crippen molar-refractivity contribution in [3.63, 3.8) is 0 Å². The Morgan fingerprint density at radius 1 is 0.900 bits per heavy atom. The van der Waals surface area contributed by atoms with E-state index in [4.69, 9.17) is 0 Å². The van der Waals surface area contributed by atoms with Crippen LogP contribution in [0.5, 0.6) is 0 Å². The summed E-state index contributed by atoms with van der Waals surface area (Å²) in [4.78, 5) is 0. The molecule has 0 aromatic heterocycles. The molecule has 0 saturated heterocycles. The first kappa shape index (κ1) is 9.48. The number of allylic oxidation sites excluding steroid dienone is 4. The molecule has 0 rings (SSSR count). The Kier molecular flexibility index (Phi) is 5.00. The highest BCUT2D eigenvalue weighted by molar-refractivity contribution is 5.29. The van der Waals surface area contributed by atoms with Crippen molar-refractivity contribution in [2.45, 2.75) is 40.5 Å². The smallest absolute Gasteiger partial charge is 0.0308 e. The van der Waals surface area contributed by atoms with Gasteiger partial charge in [0, 0.05) is 0 Å². The summed E-state index contributed by atoms with van der Waals surface area (Å²) < 4.78 is 0. The molecule has 0 saturated carbocycles. The fourth-order valence-electron chi connectivity index (χ4n) is 1.23. The first-order valence-electron chi connectivity index (χ1n) is 4.10. The minimum Gasteiger partial charge on any atom is -0.0842 e. The van der Waals surface area contributed by atoms with Gasteiger partial charge in [0.05, 0.1) is 0 Å². The second-order valence-electron chi connectivity index (χ2n) is 2.33. The molecule has 0 aliphatic heterocycles. The van der Waals surface area contributed by atoms with Crippen LogP contribution in [0.25, 0.3) is 0 Å². The third-order valence-corrected chi connectivity index (χ3v) is 1.87. The van der Waals surface area contributed by atoms with Gasteiger partial charge in [0.15, 0.2) is 0 Å². The Labute approximate surface area is 64.6 Å². The van der Waals surface area contributed by atoms with Crippen LogP contribution in [0, 0.1) is 0 Å². The van der Waals surface area contributed by atoms with Crippen molar-refractivity contribution in [3.05, 3.63) is 23.3 Å². The predicted molar refractivity (Wildman–Crippen MR) is 48.1 cm³/mol. The highest BCUT2D eigenvalue weighted by atomic mass is 14.0. The molecule has 0 amide bonds. The first-order valence-corrected chi connectivity index (χ1v) is 4.10. The van der Waals surface area contributed by atoms with Gasteiger partial charge in [-0.3, -0.25) is 0 Å². The van der Waals surface area contributed by atoms with Crippen molar-refractivity contribution in [3.8, 4) is 0 Å². The number of rotatable bonds is 3. The lowest BCUT2D eigenvalue weighted by Gasteiger charge is -2.05. The Morgan fingerprint density at radius 3 is 1.30 bits per heavy atom.